The zero-order chi connectivity index (χ0) is 27.4. The number of aliphatic hydroxyl groups excluding tert-OH is 1. The molecule has 0 bridgehead atoms. The lowest BCUT2D eigenvalue weighted by atomic mass is 10.1. The molecule has 0 spiro atoms. The van der Waals surface area contributed by atoms with E-state index < -0.39 is 41.9 Å². The summed E-state index contributed by atoms with van der Waals surface area (Å²) < 4.78 is 10.3. The molecule has 2 aromatic carbocycles. The van der Waals surface area contributed by atoms with Gasteiger partial charge in [-0.05, 0) is 69.3 Å². The van der Waals surface area contributed by atoms with Gasteiger partial charge in [-0.3, -0.25) is 19.6 Å². The summed E-state index contributed by atoms with van der Waals surface area (Å²) in [5, 5.41) is 22.6. The molecule has 0 aliphatic heterocycles. The largest absolute Gasteiger partial charge is 0.484 e. The van der Waals surface area contributed by atoms with Crippen molar-refractivity contribution < 1.29 is 39.0 Å². The first-order chi connectivity index (χ1) is 17.5. The number of hydrogen-bond acceptors (Lipinski definition) is 8. The third kappa shape index (κ3) is 10.4. The van der Waals surface area contributed by atoms with Crippen LogP contribution in [0.15, 0.2) is 48.5 Å². The number of alkyl carbamates (subject to hydrolysis) is 1. The van der Waals surface area contributed by atoms with E-state index in [1.165, 1.54) is 17.6 Å². The fourth-order valence-corrected chi connectivity index (χ4v) is 2.76. The van der Waals surface area contributed by atoms with E-state index in [0.717, 1.165) is 0 Å². The molecule has 0 saturated heterocycles. The number of carbonyl (C=O) groups is 4. The van der Waals surface area contributed by atoms with Crippen LogP contribution in [0.25, 0.3) is 0 Å². The Morgan fingerprint density at radius 3 is 2.03 bits per heavy atom. The maximum Gasteiger partial charge on any atom is 0.407 e. The molecule has 2 rings (SSSR count). The van der Waals surface area contributed by atoms with Gasteiger partial charge in [0, 0.05) is 23.2 Å². The van der Waals surface area contributed by atoms with Crippen molar-refractivity contribution in [3.63, 3.8) is 0 Å². The summed E-state index contributed by atoms with van der Waals surface area (Å²) >= 11 is 0. The average Bonchev–Trinajstić information content (AvgIpc) is 2.87. The Morgan fingerprint density at radius 1 is 0.946 bits per heavy atom. The van der Waals surface area contributed by atoms with Gasteiger partial charge >= 0.3 is 6.09 Å². The fourth-order valence-electron chi connectivity index (χ4n) is 2.76. The third-order valence-corrected chi connectivity index (χ3v) is 4.55. The molecular weight excluding hydrogens is 482 g/mol. The van der Waals surface area contributed by atoms with Crippen molar-refractivity contribution in [2.45, 2.75) is 32.4 Å². The smallest absolute Gasteiger partial charge is 0.407 e. The number of carbonyl (C=O) groups excluding carboxylic acids is 4. The zero-order valence-corrected chi connectivity index (χ0v) is 20.7. The van der Waals surface area contributed by atoms with Crippen LogP contribution in [0.4, 0.5) is 4.79 Å². The van der Waals surface area contributed by atoms with Gasteiger partial charge in [0.05, 0.1) is 0 Å². The first-order valence-corrected chi connectivity index (χ1v) is 11.2. The lowest BCUT2D eigenvalue weighted by Crippen LogP contribution is -2.50. The summed E-state index contributed by atoms with van der Waals surface area (Å²) in [5.41, 5.74) is 2.31. The molecule has 0 aliphatic rings. The second-order valence-corrected chi connectivity index (χ2v) is 8.71. The van der Waals surface area contributed by atoms with Crippen LogP contribution in [0.5, 0.6) is 5.75 Å². The third-order valence-electron chi connectivity index (χ3n) is 4.55. The van der Waals surface area contributed by atoms with Crippen molar-refractivity contribution in [3.05, 3.63) is 65.2 Å². The lowest BCUT2D eigenvalue weighted by Gasteiger charge is -2.22. The van der Waals surface area contributed by atoms with E-state index >= 15 is 0 Å². The molecular formula is C26H29N3O8. The van der Waals surface area contributed by atoms with Crippen molar-refractivity contribution in [2.24, 2.45) is 0 Å². The van der Waals surface area contributed by atoms with E-state index in [-0.39, 0.29) is 18.7 Å². The molecule has 37 heavy (non-hydrogen) atoms. The molecule has 0 fully saturated rings. The van der Waals surface area contributed by atoms with Crippen molar-refractivity contribution in [3.8, 4) is 17.6 Å². The standard InChI is InChI=1S/C26H29N3O8/c1-26(2,3)37-25(34)27-14-21(22(31)15-30)28-24(33)19-10-6-17(7-11-19)4-5-18-8-12-20(13-9-18)36-16-23(32)29-35/h6-13,21,30,35H,14-16H2,1-3H3,(H,27,34)(H,28,33)(H,29,32)/t21-/m0/s1. The van der Waals surface area contributed by atoms with Crippen LogP contribution in [0.3, 0.4) is 0 Å². The van der Waals surface area contributed by atoms with Gasteiger partial charge in [0.1, 0.15) is 24.0 Å². The van der Waals surface area contributed by atoms with Crippen LogP contribution in [-0.2, 0) is 14.3 Å². The van der Waals surface area contributed by atoms with Crippen molar-refractivity contribution >= 4 is 23.7 Å². The van der Waals surface area contributed by atoms with Crippen LogP contribution >= 0.6 is 0 Å². The number of ketones is 1. The summed E-state index contributed by atoms with van der Waals surface area (Å²) in [6.45, 7) is 3.69. The van der Waals surface area contributed by atoms with Crippen molar-refractivity contribution in [1.29, 1.82) is 0 Å². The second-order valence-electron chi connectivity index (χ2n) is 8.71. The van der Waals surface area contributed by atoms with Crippen LogP contribution in [-0.4, -0.2) is 65.4 Å². The molecule has 0 heterocycles. The molecule has 2 aromatic rings. The van der Waals surface area contributed by atoms with Crippen LogP contribution < -0.4 is 20.9 Å². The summed E-state index contributed by atoms with van der Waals surface area (Å²) in [5.74, 6) is 4.45. The van der Waals surface area contributed by atoms with E-state index in [1.54, 1.807) is 57.2 Å². The van der Waals surface area contributed by atoms with Crippen LogP contribution in [0.2, 0.25) is 0 Å². The van der Waals surface area contributed by atoms with Gasteiger partial charge in [-0.25, -0.2) is 10.3 Å². The van der Waals surface area contributed by atoms with Gasteiger partial charge in [-0.1, -0.05) is 11.8 Å². The molecule has 11 nitrogen and oxygen atoms in total. The van der Waals surface area contributed by atoms with E-state index in [0.29, 0.717) is 16.9 Å². The van der Waals surface area contributed by atoms with E-state index in [4.69, 9.17) is 14.7 Å². The second kappa shape index (κ2) is 13.6. The number of amides is 3. The Bertz CT molecular complexity index is 1160. The lowest BCUT2D eigenvalue weighted by molar-refractivity contribution is -0.131. The number of nitrogens with one attached hydrogen (secondary N) is 3. The summed E-state index contributed by atoms with van der Waals surface area (Å²) in [4.78, 5) is 47.5. The zero-order valence-electron chi connectivity index (χ0n) is 20.7. The Labute approximate surface area is 214 Å². The van der Waals surface area contributed by atoms with E-state index in [1.807, 2.05) is 0 Å². The number of ether oxygens (including phenoxy) is 2. The van der Waals surface area contributed by atoms with Crippen LogP contribution in [0.1, 0.15) is 42.3 Å². The highest BCUT2D eigenvalue weighted by molar-refractivity contribution is 5.98. The predicted octanol–water partition coefficient (Wildman–Crippen LogP) is 1.16. The molecule has 0 aliphatic carbocycles. The van der Waals surface area contributed by atoms with Gasteiger partial charge in [0.25, 0.3) is 11.8 Å². The SMILES string of the molecule is CC(C)(C)OC(=O)NC[C@H](NC(=O)c1ccc(C#Cc2ccc(OCC(=O)NO)cc2)cc1)C(=O)CO. The molecule has 196 valence electrons. The maximum absolute atomic E-state index is 12.6. The first kappa shape index (κ1) is 28.8. The van der Waals surface area contributed by atoms with Gasteiger partial charge in [0.15, 0.2) is 12.4 Å². The molecule has 0 unspecified atom stereocenters. The number of hydrogen-bond donors (Lipinski definition) is 5. The number of hydroxylamine groups is 1. The Kier molecular flexibility index (Phi) is 10.6. The molecule has 3 amide bonds. The van der Waals surface area contributed by atoms with Crippen LogP contribution in [0, 0.1) is 11.8 Å². The quantitative estimate of drug-likeness (QED) is 0.190. The monoisotopic (exact) mass is 511 g/mol. The topological polar surface area (TPSA) is 163 Å². The van der Waals surface area contributed by atoms with E-state index in [9.17, 15) is 24.3 Å². The highest BCUT2D eigenvalue weighted by Gasteiger charge is 2.23. The molecule has 1 atom stereocenters. The molecule has 0 aromatic heterocycles. The number of rotatable bonds is 9. The maximum atomic E-state index is 12.6. The van der Waals surface area contributed by atoms with Gasteiger partial charge in [-0.15, -0.1) is 0 Å². The molecule has 11 heteroatoms. The molecule has 0 radical (unpaired) electrons. The van der Waals surface area contributed by atoms with Crippen molar-refractivity contribution in [1.82, 2.24) is 16.1 Å². The average molecular weight is 512 g/mol. The normalized spacial score (nSPS) is 11.3. The summed E-state index contributed by atoms with van der Waals surface area (Å²) in [7, 11) is 0. The summed E-state index contributed by atoms with van der Waals surface area (Å²) in [6, 6.07) is 11.8. The van der Waals surface area contributed by atoms with Crippen molar-refractivity contribution in [2.75, 3.05) is 19.8 Å². The minimum Gasteiger partial charge on any atom is -0.484 e. The first-order valence-electron chi connectivity index (χ1n) is 11.2. The van der Waals surface area contributed by atoms with Gasteiger partial charge < -0.3 is 25.2 Å². The fraction of sp³-hybridized carbons (Fsp3) is 0.308. The van der Waals surface area contributed by atoms with E-state index in [2.05, 4.69) is 22.5 Å². The highest BCUT2D eigenvalue weighted by Crippen LogP contribution is 2.12. The molecule has 5 N–H and O–H groups in total. The number of benzene rings is 2. The predicted molar refractivity (Wildman–Crippen MR) is 132 cm³/mol. The Balaban J connectivity index is 1.97. The summed E-state index contributed by atoms with van der Waals surface area (Å²) in [6.07, 6.45) is -0.753. The van der Waals surface area contributed by atoms with Gasteiger partial charge in [-0.2, -0.15) is 0 Å². The Morgan fingerprint density at radius 2 is 1.51 bits per heavy atom. The number of Topliss-reactive ketones (excluding diaryl/α,β-unsaturated/α-hetero) is 1. The highest BCUT2D eigenvalue weighted by atomic mass is 16.6. The van der Waals surface area contributed by atoms with Gasteiger partial charge in [0.2, 0.25) is 0 Å². The minimum absolute atomic E-state index is 0.248. The minimum atomic E-state index is -1.14. The molecule has 0 saturated carbocycles. The number of aliphatic hydroxyl groups is 1. The Hall–Kier alpha value is -4.40.